The molecule has 1 heterocycles. The third-order valence-corrected chi connectivity index (χ3v) is 2.70. The summed E-state index contributed by atoms with van der Waals surface area (Å²) in [5.41, 5.74) is 1.14. The highest BCUT2D eigenvalue weighted by Gasteiger charge is 2.03. The minimum Gasteiger partial charge on any atom is -0.316 e. The summed E-state index contributed by atoms with van der Waals surface area (Å²) in [6.07, 6.45) is 3.07. The van der Waals surface area contributed by atoms with Crippen molar-refractivity contribution in [3.8, 4) is 0 Å². The molecule has 0 saturated heterocycles. The fraction of sp³-hybridized carbons (Fsp3) is 0.625. The molecule has 0 saturated carbocycles. The smallest absolute Gasteiger partial charge is 0.304 e. The summed E-state index contributed by atoms with van der Waals surface area (Å²) in [6, 6.07) is 0. The van der Waals surface area contributed by atoms with Gasteiger partial charge in [0.05, 0.1) is 0 Å². The lowest BCUT2D eigenvalue weighted by molar-refractivity contribution is 0.871. The zero-order valence-corrected chi connectivity index (χ0v) is 7.75. The van der Waals surface area contributed by atoms with Gasteiger partial charge >= 0.3 is 4.87 Å². The van der Waals surface area contributed by atoms with Crippen LogP contribution in [-0.2, 0) is 12.8 Å². The van der Waals surface area contributed by atoms with Crippen LogP contribution in [0.1, 0.15) is 30.8 Å². The molecule has 0 radical (unpaired) electrons. The van der Waals surface area contributed by atoms with E-state index in [1.54, 1.807) is 0 Å². The van der Waals surface area contributed by atoms with Gasteiger partial charge in [0.2, 0.25) is 0 Å². The molecule has 1 aromatic rings. The molecule has 3 heteroatoms. The second kappa shape index (κ2) is 3.72. The molecule has 0 aliphatic heterocycles. The number of hydrogen-bond acceptors (Lipinski definition) is 2. The molecule has 0 atom stereocenters. The topological polar surface area (TPSA) is 32.9 Å². The normalized spacial score (nSPS) is 10.4. The fourth-order valence-electron chi connectivity index (χ4n) is 1.13. The molecule has 2 nitrogen and oxygen atoms in total. The number of aryl methyl sites for hydroxylation is 2. The van der Waals surface area contributed by atoms with E-state index >= 15 is 0 Å². The second-order valence-corrected chi connectivity index (χ2v) is 3.59. The third kappa shape index (κ3) is 1.93. The SMILES string of the molecule is CCCc1[nH]c(=O)sc1CC. The van der Waals surface area contributed by atoms with Crippen molar-refractivity contribution in [2.24, 2.45) is 0 Å². The molecule has 0 fully saturated rings. The van der Waals surface area contributed by atoms with E-state index in [4.69, 9.17) is 0 Å². The van der Waals surface area contributed by atoms with Gasteiger partial charge in [-0.3, -0.25) is 4.79 Å². The summed E-state index contributed by atoms with van der Waals surface area (Å²) in [6.45, 7) is 4.20. The summed E-state index contributed by atoms with van der Waals surface area (Å²) in [4.78, 5) is 15.1. The summed E-state index contributed by atoms with van der Waals surface area (Å²) in [7, 11) is 0. The lowest BCUT2D eigenvalue weighted by Gasteiger charge is -1.95. The molecule has 62 valence electrons. The zero-order chi connectivity index (χ0) is 8.27. The monoisotopic (exact) mass is 171 g/mol. The van der Waals surface area contributed by atoms with Gasteiger partial charge in [-0.1, -0.05) is 31.6 Å². The van der Waals surface area contributed by atoms with Crippen molar-refractivity contribution in [3.05, 3.63) is 20.2 Å². The Hall–Kier alpha value is -0.570. The number of hydrogen-bond donors (Lipinski definition) is 1. The maximum absolute atomic E-state index is 10.9. The Morgan fingerprint density at radius 2 is 2.18 bits per heavy atom. The molecule has 0 spiro atoms. The first kappa shape index (κ1) is 8.53. The highest BCUT2D eigenvalue weighted by Crippen LogP contribution is 2.11. The van der Waals surface area contributed by atoms with Crippen molar-refractivity contribution in [2.75, 3.05) is 0 Å². The molecule has 0 amide bonds. The van der Waals surface area contributed by atoms with Crippen molar-refractivity contribution in [1.29, 1.82) is 0 Å². The first-order valence-electron chi connectivity index (χ1n) is 3.98. The van der Waals surface area contributed by atoms with E-state index in [2.05, 4.69) is 18.8 Å². The van der Waals surface area contributed by atoms with Crippen LogP contribution in [-0.4, -0.2) is 4.98 Å². The molecule has 0 aliphatic carbocycles. The first-order valence-corrected chi connectivity index (χ1v) is 4.80. The molecule has 0 aromatic carbocycles. The van der Waals surface area contributed by atoms with Crippen molar-refractivity contribution < 1.29 is 0 Å². The van der Waals surface area contributed by atoms with Crippen LogP contribution >= 0.6 is 11.3 Å². The molecule has 1 N–H and O–H groups in total. The number of nitrogens with one attached hydrogen (secondary N) is 1. The maximum atomic E-state index is 10.9. The van der Waals surface area contributed by atoms with E-state index in [1.807, 2.05) is 0 Å². The Kier molecular flexibility index (Phi) is 2.88. The number of aromatic amines is 1. The van der Waals surface area contributed by atoms with Gasteiger partial charge in [-0.05, 0) is 12.8 Å². The zero-order valence-electron chi connectivity index (χ0n) is 6.94. The summed E-state index contributed by atoms with van der Waals surface area (Å²) < 4.78 is 0. The van der Waals surface area contributed by atoms with Crippen LogP contribution in [0.15, 0.2) is 4.79 Å². The molecule has 1 rings (SSSR count). The van der Waals surface area contributed by atoms with E-state index < -0.39 is 0 Å². The number of thiazole rings is 1. The molecule has 1 aromatic heterocycles. The average Bonchev–Trinajstić information content (AvgIpc) is 2.32. The largest absolute Gasteiger partial charge is 0.316 e. The Bertz CT molecular complexity index is 274. The maximum Gasteiger partial charge on any atom is 0.304 e. The summed E-state index contributed by atoms with van der Waals surface area (Å²) >= 11 is 1.34. The standard InChI is InChI=1S/C8H13NOS/c1-3-5-6-7(4-2)11-8(10)9-6/h3-5H2,1-2H3,(H,9,10). The van der Waals surface area contributed by atoms with Gasteiger partial charge in [-0.2, -0.15) is 0 Å². The molecule has 11 heavy (non-hydrogen) atoms. The molecular weight excluding hydrogens is 158 g/mol. The lowest BCUT2D eigenvalue weighted by atomic mass is 10.2. The van der Waals surface area contributed by atoms with Crippen molar-refractivity contribution in [1.82, 2.24) is 4.98 Å². The van der Waals surface area contributed by atoms with Crippen LogP contribution in [0.25, 0.3) is 0 Å². The predicted molar refractivity (Wildman–Crippen MR) is 48.3 cm³/mol. The average molecular weight is 171 g/mol. The van der Waals surface area contributed by atoms with Gasteiger partial charge in [-0.25, -0.2) is 0 Å². The minimum atomic E-state index is 0.0882. The second-order valence-electron chi connectivity index (χ2n) is 2.52. The van der Waals surface area contributed by atoms with Gasteiger partial charge in [0.15, 0.2) is 0 Å². The van der Waals surface area contributed by atoms with Gasteiger partial charge in [0.1, 0.15) is 0 Å². The minimum absolute atomic E-state index is 0.0882. The number of H-pyrrole nitrogens is 1. The Morgan fingerprint density at radius 3 is 2.73 bits per heavy atom. The summed E-state index contributed by atoms with van der Waals surface area (Å²) in [5, 5.41) is 0. The quantitative estimate of drug-likeness (QED) is 0.740. The highest BCUT2D eigenvalue weighted by atomic mass is 32.1. The highest BCUT2D eigenvalue weighted by molar-refractivity contribution is 7.09. The molecule has 0 bridgehead atoms. The van der Waals surface area contributed by atoms with Gasteiger partial charge in [0.25, 0.3) is 0 Å². The van der Waals surface area contributed by atoms with E-state index in [1.165, 1.54) is 16.2 Å². The van der Waals surface area contributed by atoms with Crippen LogP contribution in [0, 0.1) is 0 Å². The Morgan fingerprint density at radius 1 is 1.45 bits per heavy atom. The predicted octanol–water partition coefficient (Wildman–Crippen LogP) is 1.95. The third-order valence-electron chi connectivity index (χ3n) is 1.63. The van der Waals surface area contributed by atoms with E-state index in [9.17, 15) is 4.79 Å². The van der Waals surface area contributed by atoms with Gasteiger partial charge in [0, 0.05) is 10.6 Å². The lowest BCUT2D eigenvalue weighted by Crippen LogP contribution is -1.95. The molecule has 0 aliphatic rings. The van der Waals surface area contributed by atoms with Crippen LogP contribution in [0.2, 0.25) is 0 Å². The van der Waals surface area contributed by atoms with Crippen LogP contribution in [0.5, 0.6) is 0 Å². The molecular formula is C8H13NOS. The van der Waals surface area contributed by atoms with Crippen molar-refractivity contribution in [2.45, 2.75) is 33.1 Å². The Balaban J connectivity index is 2.92. The Labute approximate surface area is 70.3 Å². The van der Waals surface area contributed by atoms with E-state index in [-0.39, 0.29) is 4.87 Å². The summed E-state index contributed by atoms with van der Waals surface area (Å²) in [5.74, 6) is 0. The van der Waals surface area contributed by atoms with E-state index in [0.29, 0.717) is 0 Å². The van der Waals surface area contributed by atoms with Gasteiger partial charge < -0.3 is 4.98 Å². The van der Waals surface area contributed by atoms with Crippen molar-refractivity contribution >= 4 is 11.3 Å². The van der Waals surface area contributed by atoms with Gasteiger partial charge in [-0.15, -0.1) is 0 Å². The fourth-order valence-corrected chi connectivity index (χ4v) is 1.95. The number of rotatable bonds is 3. The van der Waals surface area contributed by atoms with Crippen LogP contribution < -0.4 is 4.87 Å². The molecule has 0 unspecified atom stereocenters. The van der Waals surface area contributed by atoms with Crippen molar-refractivity contribution in [3.63, 3.8) is 0 Å². The van der Waals surface area contributed by atoms with Crippen LogP contribution in [0.4, 0.5) is 0 Å². The van der Waals surface area contributed by atoms with E-state index in [0.717, 1.165) is 25.0 Å². The van der Waals surface area contributed by atoms with Crippen LogP contribution in [0.3, 0.4) is 0 Å². The number of aromatic nitrogens is 1. The first-order chi connectivity index (χ1) is 5.27.